The van der Waals surface area contributed by atoms with Crippen LogP contribution in [-0.2, 0) is 0 Å². The van der Waals surface area contributed by atoms with Gasteiger partial charge in [-0.05, 0) is 36.5 Å². The van der Waals surface area contributed by atoms with Gasteiger partial charge >= 0.3 is 0 Å². The Balaban J connectivity index is 2.68. The number of nitrogen functional groups attached to an aromatic ring is 1. The molecule has 0 aliphatic heterocycles. The molecule has 108 valence electrons. The maximum atomic E-state index is 6.04. The number of hydrogen-bond acceptors (Lipinski definition) is 3. The van der Waals surface area contributed by atoms with Crippen LogP contribution in [0.25, 0.3) is 0 Å². The van der Waals surface area contributed by atoms with E-state index in [0.29, 0.717) is 5.41 Å². The lowest BCUT2D eigenvalue weighted by Crippen LogP contribution is -2.18. The van der Waals surface area contributed by atoms with Gasteiger partial charge in [0.05, 0.1) is 7.11 Å². The molecule has 0 saturated heterocycles. The molecule has 19 heavy (non-hydrogen) atoms. The van der Waals surface area contributed by atoms with E-state index in [4.69, 9.17) is 10.5 Å². The molecule has 1 rings (SSSR count). The Bertz CT molecular complexity index is 394. The van der Waals surface area contributed by atoms with Crippen LogP contribution in [0.4, 0.5) is 5.69 Å². The molecule has 0 radical (unpaired) electrons. The van der Waals surface area contributed by atoms with Crippen molar-refractivity contribution < 1.29 is 4.74 Å². The predicted octanol–water partition coefficient (Wildman–Crippen LogP) is 4.98. The fourth-order valence-electron chi connectivity index (χ4n) is 1.97. The van der Waals surface area contributed by atoms with E-state index in [9.17, 15) is 0 Å². The zero-order valence-electron chi connectivity index (χ0n) is 12.7. The van der Waals surface area contributed by atoms with Crippen molar-refractivity contribution in [1.29, 1.82) is 0 Å². The van der Waals surface area contributed by atoms with Crippen molar-refractivity contribution in [2.75, 3.05) is 18.6 Å². The molecule has 0 bridgehead atoms. The molecule has 1 aromatic carbocycles. The van der Waals surface area contributed by atoms with Crippen molar-refractivity contribution in [3.63, 3.8) is 0 Å². The minimum atomic E-state index is 0.399. The van der Waals surface area contributed by atoms with Gasteiger partial charge in [-0.2, -0.15) is 0 Å². The third-order valence-corrected chi connectivity index (χ3v) is 5.29. The number of ether oxygens (including phenoxy) is 1. The van der Waals surface area contributed by atoms with E-state index < -0.39 is 0 Å². The van der Waals surface area contributed by atoms with Crippen LogP contribution in [0, 0.1) is 5.41 Å². The monoisotopic (exact) mass is 281 g/mol. The number of thioether (sulfide) groups is 1. The summed E-state index contributed by atoms with van der Waals surface area (Å²) in [7, 11) is 1.69. The minimum absolute atomic E-state index is 0.399. The molecule has 0 aromatic heterocycles. The number of methoxy groups -OCH3 is 1. The smallest absolute Gasteiger partial charge is 0.120 e. The van der Waals surface area contributed by atoms with Crippen LogP contribution in [0.1, 0.15) is 46.5 Å². The van der Waals surface area contributed by atoms with E-state index >= 15 is 0 Å². The molecule has 1 aromatic rings. The summed E-state index contributed by atoms with van der Waals surface area (Å²) in [5, 5.41) is 0. The number of benzene rings is 1. The van der Waals surface area contributed by atoms with Gasteiger partial charge < -0.3 is 10.5 Å². The molecule has 0 saturated carbocycles. The van der Waals surface area contributed by atoms with E-state index in [2.05, 4.69) is 20.8 Å². The van der Waals surface area contributed by atoms with Crippen LogP contribution in [0.3, 0.4) is 0 Å². The number of anilines is 1. The van der Waals surface area contributed by atoms with Crippen LogP contribution in [0.15, 0.2) is 23.1 Å². The third kappa shape index (κ3) is 4.98. The van der Waals surface area contributed by atoms with Gasteiger partial charge in [-0.25, -0.2) is 0 Å². The topological polar surface area (TPSA) is 35.2 Å². The molecule has 0 amide bonds. The standard InChI is InChI=1S/C16H27NOS/c1-5-7-10-16(3,6-2)12-19-15-11-13(18-4)8-9-14(15)17/h8-9,11H,5-7,10,12,17H2,1-4H3. The average molecular weight is 281 g/mol. The van der Waals surface area contributed by atoms with Crippen molar-refractivity contribution in [3.8, 4) is 5.75 Å². The van der Waals surface area contributed by atoms with Crippen molar-refractivity contribution >= 4 is 17.4 Å². The van der Waals surface area contributed by atoms with Crippen molar-refractivity contribution in [3.05, 3.63) is 18.2 Å². The molecule has 2 nitrogen and oxygen atoms in total. The molecule has 0 fully saturated rings. The van der Waals surface area contributed by atoms with Gasteiger partial charge in [0.25, 0.3) is 0 Å². The first kappa shape index (κ1) is 16.2. The molecule has 0 spiro atoms. The summed E-state index contributed by atoms with van der Waals surface area (Å²) in [6.07, 6.45) is 5.07. The van der Waals surface area contributed by atoms with Crippen molar-refractivity contribution in [2.24, 2.45) is 5.41 Å². The molecule has 1 atom stereocenters. The Hall–Kier alpha value is -0.830. The zero-order valence-corrected chi connectivity index (χ0v) is 13.5. The Morgan fingerprint density at radius 3 is 2.63 bits per heavy atom. The first-order valence-electron chi connectivity index (χ1n) is 7.11. The molecule has 0 aliphatic carbocycles. The molecule has 2 N–H and O–H groups in total. The van der Waals surface area contributed by atoms with Gasteiger partial charge in [0, 0.05) is 16.3 Å². The number of nitrogens with two attached hydrogens (primary N) is 1. The lowest BCUT2D eigenvalue weighted by atomic mass is 9.84. The molecule has 1 unspecified atom stereocenters. The lowest BCUT2D eigenvalue weighted by Gasteiger charge is -2.28. The SMILES string of the molecule is CCCCC(C)(CC)CSc1cc(OC)ccc1N. The Morgan fingerprint density at radius 2 is 2.05 bits per heavy atom. The predicted molar refractivity (Wildman–Crippen MR) is 86.1 cm³/mol. The van der Waals surface area contributed by atoms with Crippen LogP contribution < -0.4 is 10.5 Å². The van der Waals surface area contributed by atoms with Crippen LogP contribution in [0.5, 0.6) is 5.75 Å². The normalized spacial score (nSPS) is 14.1. The second-order valence-corrected chi connectivity index (χ2v) is 6.48. The van der Waals surface area contributed by atoms with E-state index in [-0.39, 0.29) is 0 Å². The van der Waals surface area contributed by atoms with Crippen LogP contribution in [-0.4, -0.2) is 12.9 Å². The fraction of sp³-hybridized carbons (Fsp3) is 0.625. The van der Waals surface area contributed by atoms with Crippen LogP contribution >= 0.6 is 11.8 Å². The summed E-state index contributed by atoms with van der Waals surface area (Å²) < 4.78 is 5.26. The quantitative estimate of drug-likeness (QED) is 0.539. The first-order valence-corrected chi connectivity index (χ1v) is 8.09. The maximum Gasteiger partial charge on any atom is 0.120 e. The van der Waals surface area contributed by atoms with Gasteiger partial charge in [0.1, 0.15) is 5.75 Å². The number of unbranched alkanes of at least 4 members (excludes halogenated alkanes) is 1. The van der Waals surface area contributed by atoms with E-state index in [1.54, 1.807) is 7.11 Å². The number of rotatable bonds is 8. The molecule has 0 aliphatic rings. The lowest BCUT2D eigenvalue weighted by molar-refractivity contribution is 0.320. The Labute approximate surface area is 122 Å². The highest BCUT2D eigenvalue weighted by molar-refractivity contribution is 7.99. The van der Waals surface area contributed by atoms with Crippen LogP contribution in [0.2, 0.25) is 0 Å². The molecule has 3 heteroatoms. The van der Waals surface area contributed by atoms with Gasteiger partial charge in [-0.1, -0.05) is 33.6 Å². The largest absolute Gasteiger partial charge is 0.497 e. The van der Waals surface area contributed by atoms with Gasteiger partial charge in [0.15, 0.2) is 0 Å². The fourth-order valence-corrected chi connectivity index (χ4v) is 3.26. The highest BCUT2D eigenvalue weighted by Gasteiger charge is 2.22. The van der Waals surface area contributed by atoms with Gasteiger partial charge in [-0.3, -0.25) is 0 Å². The van der Waals surface area contributed by atoms with E-state index in [1.807, 2.05) is 30.0 Å². The zero-order chi connectivity index (χ0) is 14.3. The highest BCUT2D eigenvalue weighted by atomic mass is 32.2. The Morgan fingerprint density at radius 1 is 1.32 bits per heavy atom. The van der Waals surface area contributed by atoms with Crippen molar-refractivity contribution in [2.45, 2.75) is 51.3 Å². The molecule has 0 heterocycles. The molecular weight excluding hydrogens is 254 g/mol. The minimum Gasteiger partial charge on any atom is -0.497 e. The summed E-state index contributed by atoms with van der Waals surface area (Å²) in [6.45, 7) is 6.92. The first-order chi connectivity index (χ1) is 9.04. The summed E-state index contributed by atoms with van der Waals surface area (Å²) in [5.41, 5.74) is 7.28. The summed E-state index contributed by atoms with van der Waals surface area (Å²) >= 11 is 1.85. The maximum absolute atomic E-state index is 6.04. The van der Waals surface area contributed by atoms with Crippen molar-refractivity contribution in [1.82, 2.24) is 0 Å². The second-order valence-electron chi connectivity index (χ2n) is 5.46. The van der Waals surface area contributed by atoms with E-state index in [1.165, 1.54) is 25.7 Å². The highest BCUT2D eigenvalue weighted by Crippen LogP contribution is 2.37. The van der Waals surface area contributed by atoms with Gasteiger partial charge in [0.2, 0.25) is 0 Å². The average Bonchev–Trinajstić information content (AvgIpc) is 2.44. The summed E-state index contributed by atoms with van der Waals surface area (Å²) in [5.74, 6) is 1.99. The second kappa shape index (κ2) is 7.68. The van der Waals surface area contributed by atoms with E-state index in [0.717, 1.165) is 22.1 Å². The third-order valence-electron chi connectivity index (χ3n) is 3.78. The molecular formula is C16H27NOS. The number of hydrogen-bond donors (Lipinski definition) is 1. The van der Waals surface area contributed by atoms with Gasteiger partial charge in [-0.15, -0.1) is 11.8 Å². The summed E-state index contributed by atoms with van der Waals surface area (Å²) in [4.78, 5) is 1.13. The Kier molecular flexibility index (Phi) is 6.56. The summed E-state index contributed by atoms with van der Waals surface area (Å²) in [6, 6.07) is 5.88.